The van der Waals surface area contributed by atoms with E-state index in [-0.39, 0.29) is 0 Å². The second-order valence-corrected chi connectivity index (χ2v) is 9.86. The van der Waals surface area contributed by atoms with Crippen LogP contribution in [-0.2, 0) is 6.42 Å². The predicted octanol–water partition coefficient (Wildman–Crippen LogP) is 9.83. The molecule has 0 amide bonds. The maximum atomic E-state index is 2.39. The first-order valence-electron chi connectivity index (χ1n) is 13.1. The first-order valence-corrected chi connectivity index (χ1v) is 13.1. The summed E-state index contributed by atoms with van der Waals surface area (Å²) in [5.74, 6) is 1.75. The quantitative estimate of drug-likeness (QED) is 0.300. The van der Waals surface area contributed by atoms with E-state index in [9.17, 15) is 0 Å². The van der Waals surface area contributed by atoms with Crippen molar-refractivity contribution in [2.75, 3.05) is 0 Å². The number of benzene rings is 3. The van der Waals surface area contributed by atoms with Crippen molar-refractivity contribution < 1.29 is 0 Å². The Morgan fingerprint density at radius 3 is 1.56 bits per heavy atom. The molecule has 0 N–H and O–H groups in total. The van der Waals surface area contributed by atoms with E-state index in [4.69, 9.17) is 0 Å². The summed E-state index contributed by atoms with van der Waals surface area (Å²) in [7, 11) is 0. The highest BCUT2D eigenvalue weighted by molar-refractivity contribution is 5.70. The van der Waals surface area contributed by atoms with E-state index in [0.29, 0.717) is 0 Å². The molecule has 1 aliphatic carbocycles. The Morgan fingerprint density at radius 2 is 1.06 bits per heavy atom. The van der Waals surface area contributed by atoms with Crippen LogP contribution >= 0.6 is 0 Å². The Morgan fingerprint density at radius 1 is 0.562 bits per heavy atom. The van der Waals surface area contributed by atoms with Crippen LogP contribution in [0, 0.1) is 5.92 Å². The van der Waals surface area contributed by atoms with Gasteiger partial charge in [0, 0.05) is 0 Å². The zero-order chi connectivity index (χ0) is 22.2. The number of aryl methyl sites for hydroxylation is 1. The number of rotatable bonds is 9. The summed E-state index contributed by atoms with van der Waals surface area (Å²) in [6.07, 6.45) is 13.6. The first kappa shape index (κ1) is 22.8. The zero-order valence-electron chi connectivity index (χ0n) is 20.2. The van der Waals surface area contributed by atoms with Crippen LogP contribution in [-0.4, -0.2) is 0 Å². The average Bonchev–Trinajstić information content (AvgIpc) is 2.86. The van der Waals surface area contributed by atoms with Gasteiger partial charge in [0.15, 0.2) is 0 Å². The molecule has 0 unspecified atom stereocenters. The van der Waals surface area contributed by atoms with Crippen LogP contribution in [0.3, 0.4) is 0 Å². The topological polar surface area (TPSA) is 0 Å². The molecule has 0 radical (unpaired) electrons. The van der Waals surface area contributed by atoms with Gasteiger partial charge in [0.05, 0.1) is 0 Å². The Bertz CT molecular complexity index is 923. The van der Waals surface area contributed by atoms with Gasteiger partial charge in [0.25, 0.3) is 0 Å². The average molecular weight is 425 g/mol. The molecule has 32 heavy (non-hydrogen) atoms. The Balaban J connectivity index is 1.35. The molecule has 1 fully saturated rings. The molecule has 1 aliphatic rings. The second kappa shape index (κ2) is 11.5. The van der Waals surface area contributed by atoms with Crippen molar-refractivity contribution in [3.05, 3.63) is 83.9 Å². The normalized spacial score (nSPS) is 18.6. The summed E-state index contributed by atoms with van der Waals surface area (Å²) in [6, 6.07) is 27.5. The highest BCUT2D eigenvalue weighted by atomic mass is 14.3. The third-order valence-electron chi connectivity index (χ3n) is 7.49. The lowest BCUT2D eigenvalue weighted by Crippen LogP contribution is -2.13. The molecular weight excluding hydrogens is 384 g/mol. The highest BCUT2D eigenvalue weighted by Crippen LogP contribution is 2.38. The van der Waals surface area contributed by atoms with Crippen molar-refractivity contribution >= 4 is 0 Å². The van der Waals surface area contributed by atoms with E-state index in [1.165, 1.54) is 85.6 Å². The minimum Gasteiger partial charge on any atom is -0.0654 e. The molecule has 168 valence electrons. The van der Waals surface area contributed by atoms with Crippen LogP contribution in [0.25, 0.3) is 22.3 Å². The molecule has 3 aromatic carbocycles. The lowest BCUT2D eigenvalue weighted by atomic mass is 9.77. The van der Waals surface area contributed by atoms with Crippen molar-refractivity contribution in [1.29, 1.82) is 0 Å². The largest absolute Gasteiger partial charge is 0.0654 e. The molecule has 0 bridgehead atoms. The summed E-state index contributed by atoms with van der Waals surface area (Å²) >= 11 is 0. The third kappa shape index (κ3) is 5.91. The van der Waals surface area contributed by atoms with E-state index in [1.54, 1.807) is 5.56 Å². The summed E-state index contributed by atoms with van der Waals surface area (Å²) in [4.78, 5) is 0. The molecule has 4 rings (SSSR count). The van der Waals surface area contributed by atoms with Gasteiger partial charge in [-0.25, -0.2) is 0 Å². The molecule has 0 aromatic heterocycles. The van der Waals surface area contributed by atoms with E-state index >= 15 is 0 Å². The lowest BCUT2D eigenvalue weighted by molar-refractivity contribution is 0.303. The smallest absolute Gasteiger partial charge is 0.0162 e. The van der Waals surface area contributed by atoms with Crippen LogP contribution in [0.4, 0.5) is 0 Å². The molecule has 3 aromatic rings. The summed E-state index contributed by atoms with van der Waals surface area (Å²) < 4.78 is 0. The summed E-state index contributed by atoms with van der Waals surface area (Å²) in [6.45, 7) is 4.54. The van der Waals surface area contributed by atoms with E-state index < -0.39 is 0 Å². The van der Waals surface area contributed by atoms with Crippen LogP contribution in [0.2, 0.25) is 0 Å². The van der Waals surface area contributed by atoms with Gasteiger partial charge in [-0.15, -0.1) is 0 Å². The zero-order valence-corrected chi connectivity index (χ0v) is 20.2. The lowest BCUT2D eigenvalue weighted by Gasteiger charge is -2.29. The fraction of sp³-hybridized carbons (Fsp3) is 0.438. The number of hydrogen-bond donors (Lipinski definition) is 0. The fourth-order valence-electron chi connectivity index (χ4n) is 5.42. The molecule has 1 saturated carbocycles. The monoisotopic (exact) mass is 424 g/mol. The molecule has 0 heterocycles. The van der Waals surface area contributed by atoms with Gasteiger partial charge in [-0.2, -0.15) is 0 Å². The molecule has 0 atom stereocenters. The molecule has 0 saturated heterocycles. The Hall–Kier alpha value is -2.34. The van der Waals surface area contributed by atoms with Gasteiger partial charge in [-0.1, -0.05) is 119 Å². The predicted molar refractivity (Wildman–Crippen MR) is 140 cm³/mol. The third-order valence-corrected chi connectivity index (χ3v) is 7.49. The second-order valence-electron chi connectivity index (χ2n) is 9.86. The van der Waals surface area contributed by atoms with Crippen molar-refractivity contribution in [1.82, 2.24) is 0 Å². The summed E-state index contributed by atoms with van der Waals surface area (Å²) in [5.41, 5.74) is 8.21. The Labute approximate surface area is 196 Å². The van der Waals surface area contributed by atoms with E-state index in [2.05, 4.69) is 86.6 Å². The van der Waals surface area contributed by atoms with Crippen molar-refractivity contribution in [2.45, 2.75) is 84.0 Å². The molecule has 0 aliphatic heterocycles. The van der Waals surface area contributed by atoms with Gasteiger partial charge in [-0.05, 0) is 77.3 Å². The van der Waals surface area contributed by atoms with Gasteiger partial charge < -0.3 is 0 Å². The van der Waals surface area contributed by atoms with Crippen LogP contribution in [0.5, 0.6) is 0 Å². The van der Waals surface area contributed by atoms with Gasteiger partial charge in [0.1, 0.15) is 0 Å². The minimum atomic E-state index is 0.768. The van der Waals surface area contributed by atoms with Gasteiger partial charge >= 0.3 is 0 Å². The van der Waals surface area contributed by atoms with E-state index in [0.717, 1.165) is 18.3 Å². The number of unbranched alkanes of at least 4 members (excludes halogenated alkanes) is 2. The maximum Gasteiger partial charge on any atom is -0.0162 e. The highest BCUT2D eigenvalue weighted by Gasteiger charge is 2.22. The molecule has 0 heteroatoms. The molecule has 0 nitrogen and oxygen atoms in total. The van der Waals surface area contributed by atoms with Crippen molar-refractivity contribution in [3.63, 3.8) is 0 Å². The molecule has 0 spiro atoms. The van der Waals surface area contributed by atoms with Crippen molar-refractivity contribution in [2.24, 2.45) is 5.92 Å². The van der Waals surface area contributed by atoms with Gasteiger partial charge in [0.2, 0.25) is 0 Å². The minimum absolute atomic E-state index is 0.768. The number of hydrogen-bond acceptors (Lipinski definition) is 0. The Kier molecular flexibility index (Phi) is 8.21. The maximum absolute atomic E-state index is 2.39. The van der Waals surface area contributed by atoms with Crippen LogP contribution in [0.1, 0.15) is 88.7 Å². The van der Waals surface area contributed by atoms with Gasteiger partial charge in [-0.3, -0.25) is 0 Å². The van der Waals surface area contributed by atoms with Crippen molar-refractivity contribution in [3.8, 4) is 22.3 Å². The van der Waals surface area contributed by atoms with E-state index in [1.807, 2.05) is 0 Å². The summed E-state index contributed by atoms with van der Waals surface area (Å²) in [5, 5.41) is 0. The van der Waals surface area contributed by atoms with Crippen LogP contribution < -0.4 is 0 Å². The standard InChI is InChI=1S/C32H40/c1-3-5-6-8-26-11-15-28(16-12-26)30-19-23-32(24-20-30)31-21-17-29(18-22-31)27-13-9-25(7-4-2)10-14-27/h9-10,13-14,17-24,26,28H,3-8,11-12,15-16H2,1-2H3. The fourth-order valence-corrected chi connectivity index (χ4v) is 5.42. The molecular formula is C32H40. The SMILES string of the molecule is CCCCCC1CCC(c2ccc(-c3ccc(-c4ccc(CCC)cc4)cc3)cc2)CC1. The van der Waals surface area contributed by atoms with Crippen LogP contribution in [0.15, 0.2) is 72.8 Å². The first-order chi connectivity index (χ1) is 15.8.